The molecule has 15 heavy (non-hydrogen) atoms. The van der Waals surface area contributed by atoms with Crippen LogP contribution in [0.4, 0.5) is 0 Å². The Morgan fingerprint density at radius 3 is 2.33 bits per heavy atom. The van der Waals surface area contributed by atoms with Crippen LogP contribution in [0, 0.1) is 0 Å². The lowest BCUT2D eigenvalue weighted by atomic mass is 10.2. The van der Waals surface area contributed by atoms with E-state index in [1.165, 1.54) is 0 Å². The predicted octanol–water partition coefficient (Wildman–Crippen LogP) is 0.524. The third-order valence-electron chi connectivity index (χ3n) is 2.51. The highest BCUT2D eigenvalue weighted by atomic mass is 16.2. The molecule has 4 nitrogen and oxygen atoms in total. The van der Waals surface area contributed by atoms with Gasteiger partial charge in [0.25, 0.3) is 0 Å². The van der Waals surface area contributed by atoms with E-state index in [9.17, 15) is 4.79 Å². The average molecular weight is 215 g/mol. The minimum Gasteiger partial charge on any atom is -0.347 e. The van der Waals surface area contributed by atoms with Gasteiger partial charge in [0.1, 0.15) is 0 Å². The summed E-state index contributed by atoms with van der Waals surface area (Å²) in [6.45, 7) is 6.64. The number of rotatable bonds is 7. The van der Waals surface area contributed by atoms with Gasteiger partial charge in [0.2, 0.25) is 5.91 Å². The molecule has 1 unspecified atom stereocenters. The highest BCUT2D eigenvalue weighted by Gasteiger charge is 2.21. The maximum absolute atomic E-state index is 11.8. The number of likely N-dealkylation sites (N-methyl/N-ethyl adjacent to an activating group) is 1. The highest BCUT2D eigenvalue weighted by molar-refractivity contribution is 5.80. The quantitative estimate of drug-likeness (QED) is 0.674. The Hall–Kier alpha value is -0.610. The maximum atomic E-state index is 11.8. The fourth-order valence-electron chi connectivity index (χ4n) is 1.61. The van der Waals surface area contributed by atoms with Crippen LogP contribution < -0.4 is 5.73 Å². The molecule has 0 heterocycles. The molecule has 0 saturated heterocycles. The average Bonchev–Trinajstić information content (AvgIpc) is 2.22. The summed E-state index contributed by atoms with van der Waals surface area (Å²) in [6, 6.07) is -0.0356. The Morgan fingerprint density at radius 1 is 1.33 bits per heavy atom. The molecule has 90 valence electrons. The van der Waals surface area contributed by atoms with E-state index in [4.69, 9.17) is 5.73 Å². The fourth-order valence-corrected chi connectivity index (χ4v) is 1.61. The molecular formula is C11H25N3O. The summed E-state index contributed by atoms with van der Waals surface area (Å²) in [5.41, 5.74) is 5.49. The number of nitrogens with zero attached hydrogens (tertiary/aromatic N) is 2. The van der Waals surface area contributed by atoms with Gasteiger partial charge in [-0.3, -0.25) is 9.69 Å². The summed E-state index contributed by atoms with van der Waals surface area (Å²) in [6.07, 6.45) is 2.01. The van der Waals surface area contributed by atoms with Gasteiger partial charge in [-0.1, -0.05) is 6.92 Å². The molecule has 0 fully saturated rings. The highest BCUT2D eigenvalue weighted by Crippen LogP contribution is 2.04. The molecule has 4 heteroatoms. The van der Waals surface area contributed by atoms with Gasteiger partial charge in [0.05, 0.1) is 6.04 Å². The topological polar surface area (TPSA) is 49.6 Å². The molecule has 1 amide bonds. The first kappa shape index (κ1) is 14.4. The van der Waals surface area contributed by atoms with Crippen LogP contribution in [-0.2, 0) is 4.79 Å². The lowest BCUT2D eigenvalue weighted by molar-refractivity contribution is -0.133. The minimum atomic E-state index is -0.0356. The van der Waals surface area contributed by atoms with Crippen molar-refractivity contribution in [1.82, 2.24) is 9.80 Å². The van der Waals surface area contributed by atoms with E-state index in [1.54, 1.807) is 19.0 Å². The van der Waals surface area contributed by atoms with Crippen molar-refractivity contribution >= 4 is 5.91 Å². The third kappa shape index (κ3) is 5.14. The van der Waals surface area contributed by atoms with Gasteiger partial charge in [0.15, 0.2) is 0 Å². The molecule has 0 aliphatic heterocycles. The van der Waals surface area contributed by atoms with E-state index in [1.807, 2.05) is 6.92 Å². The number of nitrogens with two attached hydrogens (primary N) is 1. The van der Waals surface area contributed by atoms with Gasteiger partial charge in [0, 0.05) is 20.6 Å². The van der Waals surface area contributed by atoms with E-state index in [2.05, 4.69) is 11.8 Å². The van der Waals surface area contributed by atoms with Crippen molar-refractivity contribution in [2.24, 2.45) is 5.73 Å². The van der Waals surface area contributed by atoms with Crippen LogP contribution in [0.25, 0.3) is 0 Å². The molecule has 0 aliphatic rings. The molecule has 0 bridgehead atoms. The van der Waals surface area contributed by atoms with Crippen LogP contribution in [0.3, 0.4) is 0 Å². The Kier molecular flexibility index (Phi) is 7.34. The molecule has 0 aromatic heterocycles. The summed E-state index contributed by atoms with van der Waals surface area (Å²) in [4.78, 5) is 15.6. The van der Waals surface area contributed by atoms with Crippen LogP contribution in [0.5, 0.6) is 0 Å². The minimum absolute atomic E-state index is 0.0356. The third-order valence-corrected chi connectivity index (χ3v) is 2.51. The van der Waals surface area contributed by atoms with Crippen LogP contribution >= 0.6 is 0 Å². The predicted molar refractivity (Wildman–Crippen MR) is 63.7 cm³/mol. The lowest BCUT2D eigenvalue weighted by Gasteiger charge is -2.29. The number of carbonyl (C=O) groups is 1. The molecule has 0 spiro atoms. The van der Waals surface area contributed by atoms with Gasteiger partial charge >= 0.3 is 0 Å². The fraction of sp³-hybridized carbons (Fsp3) is 0.909. The van der Waals surface area contributed by atoms with Crippen molar-refractivity contribution in [1.29, 1.82) is 0 Å². The van der Waals surface area contributed by atoms with Crippen molar-refractivity contribution in [3.63, 3.8) is 0 Å². The summed E-state index contributed by atoms with van der Waals surface area (Å²) >= 11 is 0. The van der Waals surface area contributed by atoms with Crippen LogP contribution in [0.15, 0.2) is 0 Å². The van der Waals surface area contributed by atoms with Crippen molar-refractivity contribution in [3.05, 3.63) is 0 Å². The Balaban J connectivity index is 4.26. The summed E-state index contributed by atoms with van der Waals surface area (Å²) < 4.78 is 0. The maximum Gasteiger partial charge on any atom is 0.239 e. The van der Waals surface area contributed by atoms with Crippen molar-refractivity contribution < 1.29 is 4.79 Å². The van der Waals surface area contributed by atoms with E-state index >= 15 is 0 Å². The molecule has 2 N–H and O–H groups in total. The van der Waals surface area contributed by atoms with E-state index in [-0.39, 0.29) is 11.9 Å². The van der Waals surface area contributed by atoms with Gasteiger partial charge in [-0.25, -0.2) is 0 Å². The summed E-state index contributed by atoms with van der Waals surface area (Å²) in [5, 5.41) is 0. The Bertz CT molecular complexity index is 183. The molecule has 0 rings (SSSR count). The lowest BCUT2D eigenvalue weighted by Crippen LogP contribution is -2.45. The number of hydrogen-bond donors (Lipinski definition) is 1. The molecule has 1 atom stereocenters. The Morgan fingerprint density at radius 2 is 1.93 bits per heavy atom. The Labute approximate surface area is 93.4 Å². The van der Waals surface area contributed by atoms with Crippen LogP contribution in [-0.4, -0.2) is 55.5 Å². The van der Waals surface area contributed by atoms with Crippen LogP contribution in [0.2, 0.25) is 0 Å². The van der Waals surface area contributed by atoms with Gasteiger partial charge < -0.3 is 10.6 Å². The van der Waals surface area contributed by atoms with Crippen molar-refractivity contribution in [3.8, 4) is 0 Å². The molecule has 0 saturated carbocycles. The SMILES string of the molecule is CCCN(CCCN)C(C)C(=O)N(C)C. The second-order valence-electron chi connectivity index (χ2n) is 4.09. The van der Waals surface area contributed by atoms with Crippen molar-refractivity contribution in [2.45, 2.75) is 32.7 Å². The molecular weight excluding hydrogens is 190 g/mol. The molecule has 0 aliphatic carbocycles. The van der Waals surface area contributed by atoms with Gasteiger partial charge in [-0.2, -0.15) is 0 Å². The first-order valence-electron chi connectivity index (χ1n) is 5.69. The first-order valence-corrected chi connectivity index (χ1v) is 5.69. The van der Waals surface area contributed by atoms with Gasteiger partial charge in [-0.15, -0.1) is 0 Å². The zero-order valence-electron chi connectivity index (χ0n) is 10.5. The molecule has 0 aromatic carbocycles. The monoisotopic (exact) mass is 215 g/mol. The summed E-state index contributed by atoms with van der Waals surface area (Å²) in [5.74, 6) is 0.167. The van der Waals surface area contributed by atoms with E-state index in [0.717, 1.165) is 25.9 Å². The van der Waals surface area contributed by atoms with E-state index < -0.39 is 0 Å². The standard InChI is InChI=1S/C11H25N3O/c1-5-8-14(9-6-7-12)10(2)11(15)13(3)4/h10H,5-9,12H2,1-4H3. The zero-order valence-corrected chi connectivity index (χ0v) is 10.5. The number of amides is 1. The first-order chi connectivity index (χ1) is 7.04. The van der Waals surface area contributed by atoms with Gasteiger partial charge in [-0.05, 0) is 32.9 Å². The molecule has 0 aromatic rings. The number of hydrogen-bond acceptors (Lipinski definition) is 3. The second-order valence-corrected chi connectivity index (χ2v) is 4.09. The van der Waals surface area contributed by atoms with Crippen LogP contribution in [0.1, 0.15) is 26.7 Å². The summed E-state index contributed by atoms with van der Waals surface area (Å²) in [7, 11) is 3.60. The largest absolute Gasteiger partial charge is 0.347 e. The smallest absolute Gasteiger partial charge is 0.239 e. The normalized spacial score (nSPS) is 12.9. The van der Waals surface area contributed by atoms with E-state index in [0.29, 0.717) is 6.54 Å². The van der Waals surface area contributed by atoms with Crippen molar-refractivity contribution in [2.75, 3.05) is 33.7 Å². The molecule has 0 radical (unpaired) electrons. The number of carbonyl (C=O) groups excluding carboxylic acids is 1. The second kappa shape index (κ2) is 7.65. The zero-order chi connectivity index (χ0) is 11.8.